The van der Waals surface area contributed by atoms with Crippen LogP contribution in [0.25, 0.3) is 0 Å². The van der Waals surface area contributed by atoms with E-state index in [1.807, 2.05) is 18.2 Å². The quantitative estimate of drug-likeness (QED) is 0.894. The first-order valence-corrected chi connectivity index (χ1v) is 7.92. The van der Waals surface area contributed by atoms with E-state index >= 15 is 0 Å². The molecule has 1 saturated carbocycles. The largest absolute Gasteiger partial charge is 0.355 e. The van der Waals surface area contributed by atoms with Gasteiger partial charge in [0.05, 0.1) is 6.07 Å². The molecule has 3 heteroatoms. The van der Waals surface area contributed by atoms with E-state index in [2.05, 4.69) is 30.4 Å². The molecule has 1 amide bonds. The lowest BCUT2D eigenvalue weighted by Crippen LogP contribution is -2.42. The van der Waals surface area contributed by atoms with Gasteiger partial charge in [-0.15, -0.1) is 0 Å². The summed E-state index contributed by atoms with van der Waals surface area (Å²) >= 11 is 0. The summed E-state index contributed by atoms with van der Waals surface area (Å²) in [6.45, 7) is 2.81. The minimum Gasteiger partial charge on any atom is -0.355 e. The van der Waals surface area contributed by atoms with E-state index in [-0.39, 0.29) is 5.91 Å². The Labute approximate surface area is 127 Å². The second-order valence-corrected chi connectivity index (χ2v) is 6.11. The molecular formula is C18H24N2O. The van der Waals surface area contributed by atoms with Gasteiger partial charge in [-0.05, 0) is 30.7 Å². The van der Waals surface area contributed by atoms with Crippen LogP contribution in [0.2, 0.25) is 0 Å². The highest BCUT2D eigenvalue weighted by molar-refractivity contribution is 5.85. The summed E-state index contributed by atoms with van der Waals surface area (Å²) in [6, 6.07) is 12.6. The number of benzene rings is 1. The number of hydrogen-bond acceptors (Lipinski definition) is 2. The number of amides is 1. The maximum Gasteiger partial charge on any atom is 0.240 e. The van der Waals surface area contributed by atoms with Crippen molar-refractivity contribution in [2.75, 3.05) is 6.54 Å². The lowest BCUT2D eigenvalue weighted by Gasteiger charge is -2.29. The van der Waals surface area contributed by atoms with Crippen LogP contribution in [0.5, 0.6) is 0 Å². The number of nitrogens with one attached hydrogen (secondary N) is 1. The van der Waals surface area contributed by atoms with Gasteiger partial charge < -0.3 is 5.32 Å². The molecule has 1 fully saturated rings. The molecule has 1 N–H and O–H groups in total. The second kappa shape index (κ2) is 7.26. The fourth-order valence-electron chi connectivity index (χ4n) is 3.06. The van der Waals surface area contributed by atoms with E-state index in [9.17, 15) is 10.1 Å². The molecule has 0 saturated heterocycles. The first-order chi connectivity index (χ1) is 10.2. The van der Waals surface area contributed by atoms with Gasteiger partial charge in [0.25, 0.3) is 0 Å². The Morgan fingerprint density at radius 3 is 2.57 bits per heavy atom. The minimum atomic E-state index is -0.770. The van der Waals surface area contributed by atoms with Gasteiger partial charge in [0.1, 0.15) is 5.41 Å². The summed E-state index contributed by atoms with van der Waals surface area (Å²) in [5.74, 6) is 0.348. The van der Waals surface area contributed by atoms with Crippen LogP contribution in [0.15, 0.2) is 30.3 Å². The molecule has 0 aliphatic heterocycles. The molecule has 0 bridgehead atoms. The van der Waals surface area contributed by atoms with Gasteiger partial charge >= 0.3 is 0 Å². The standard InChI is InChI=1S/C18H24N2O/c1-15(16-8-4-2-5-9-16)10-13-20-17(21)18(14-19)11-6-3-7-12-18/h2,4-5,8-9,15H,3,6-7,10-13H2,1H3,(H,20,21). The van der Waals surface area contributed by atoms with Crippen molar-refractivity contribution >= 4 is 5.91 Å². The molecule has 0 radical (unpaired) electrons. The van der Waals surface area contributed by atoms with Crippen LogP contribution >= 0.6 is 0 Å². The zero-order chi connectivity index (χ0) is 15.1. The monoisotopic (exact) mass is 284 g/mol. The summed E-state index contributed by atoms with van der Waals surface area (Å²) in [5.41, 5.74) is 0.522. The predicted octanol–water partition coefficient (Wildman–Crippen LogP) is 3.77. The first kappa shape index (κ1) is 15.6. The van der Waals surface area contributed by atoms with Gasteiger partial charge in [-0.1, -0.05) is 56.5 Å². The average Bonchev–Trinajstić information content (AvgIpc) is 2.56. The van der Waals surface area contributed by atoms with Crippen molar-refractivity contribution in [2.24, 2.45) is 5.41 Å². The molecule has 1 aromatic rings. The number of hydrogen-bond donors (Lipinski definition) is 1. The first-order valence-electron chi connectivity index (χ1n) is 7.92. The third-order valence-corrected chi connectivity index (χ3v) is 4.59. The lowest BCUT2D eigenvalue weighted by molar-refractivity contribution is -0.129. The Bertz CT molecular complexity index is 498. The minimum absolute atomic E-state index is 0.0649. The van der Waals surface area contributed by atoms with Crippen molar-refractivity contribution in [1.82, 2.24) is 5.32 Å². The summed E-state index contributed by atoms with van der Waals surface area (Å²) in [4.78, 5) is 12.3. The van der Waals surface area contributed by atoms with Crippen LogP contribution in [-0.2, 0) is 4.79 Å². The highest BCUT2D eigenvalue weighted by atomic mass is 16.2. The van der Waals surface area contributed by atoms with Crippen LogP contribution in [0, 0.1) is 16.7 Å². The molecule has 21 heavy (non-hydrogen) atoms. The summed E-state index contributed by atoms with van der Waals surface area (Å²) in [7, 11) is 0. The molecule has 0 spiro atoms. The van der Waals surface area contributed by atoms with Crippen LogP contribution in [0.3, 0.4) is 0 Å². The lowest BCUT2D eigenvalue weighted by atomic mass is 9.74. The third kappa shape index (κ3) is 3.85. The summed E-state index contributed by atoms with van der Waals surface area (Å²) < 4.78 is 0. The zero-order valence-electron chi connectivity index (χ0n) is 12.8. The summed E-state index contributed by atoms with van der Waals surface area (Å²) in [5, 5.41) is 12.4. The van der Waals surface area contributed by atoms with Gasteiger partial charge in [0, 0.05) is 6.54 Å². The molecule has 1 atom stereocenters. The van der Waals surface area contributed by atoms with Crippen molar-refractivity contribution in [3.05, 3.63) is 35.9 Å². The maximum atomic E-state index is 12.3. The van der Waals surface area contributed by atoms with Gasteiger partial charge in [-0.25, -0.2) is 0 Å². The van der Waals surface area contributed by atoms with Crippen LogP contribution in [-0.4, -0.2) is 12.5 Å². The third-order valence-electron chi connectivity index (χ3n) is 4.59. The van der Waals surface area contributed by atoms with E-state index in [1.165, 1.54) is 5.56 Å². The number of carbonyl (C=O) groups is 1. The van der Waals surface area contributed by atoms with Crippen LogP contribution < -0.4 is 5.32 Å². The molecule has 1 aromatic carbocycles. The van der Waals surface area contributed by atoms with Crippen molar-refractivity contribution in [3.63, 3.8) is 0 Å². The van der Waals surface area contributed by atoms with E-state index < -0.39 is 5.41 Å². The molecule has 1 unspecified atom stereocenters. The Morgan fingerprint density at radius 2 is 1.95 bits per heavy atom. The average molecular weight is 284 g/mol. The van der Waals surface area contributed by atoms with Gasteiger partial charge in [0.15, 0.2) is 0 Å². The SMILES string of the molecule is CC(CCNC(=O)C1(C#N)CCCCC1)c1ccccc1. The fourth-order valence-corrected chi connectivity index (χ4v) is 3.06. The van der Waals surface area contributed by atoms with Crippen LogP contribution in [0.1, 0.15) is 56.9 Å². The fraction of sp³-hybridized carbons (Fsp3) is 0.556. The highest BCUT2D eigenvalue weighted by Crippen LogP contribution is 2.35. The summed E-state index contributed by atoms with van der Waals surface area (Å²) in [6.07, 6.45) is 5.44. The number of carbonyl (C=O) groups excluding carboxylic acids is 1. The number of rotatable bonds is 5. The van der Waals surface area contributed by atoms with Crippen molar-refractivity contribution in [1.29, 1.82) is 5.26 Å². The Kier molecular flexibility index (Phi) is 5.38. The topological polar surface area (TPSA) is 52.9 Å². The predicted molar refractivity (Wildman–Crippen MR) is 83.6 cm³/mol. The zero-order valence-corrected chi connectivity index (χ0v) is 12.8. The maximum absolute atomic E-state index is 12.3. The van der Waals surface area contributed by atoms with Gasteiger partial charge in [-0.3, -0.25) is 4.79 Å². The van der Waals surface area contributed by atoms with Crippen molar-refractivity contribution in [2.45, 2.75) is 51.4 Å². The van der Waals surface area contributed by atoms with E-state index in [4.69, 9.17) is 0 Å². The van der Waals surface area contributed by atoms with E-state index in [0.717, 1.165) is 25.7 Å². The Morgan fingerprint density at radius 1 is 1.29 bits per heavy atom. The number of nitrogens with zero attached hydrogens (tertiary/aromatic N) is 1. The molecule has 2 rings (SSSR count). The van der Waals surface area contributed by atoms with Gasteiger partial charge in [-0.2, -0.15) is 5.26 Å². The van der Waals surface area contributed by atoms with Crippen LogP contribution in [0.4, 0.5) is 0 Å². The molecule has 1 aliphatic rings. The highest BCUT2D eigenvalue weighted by Gasteiger charge is 2.39. The number of nitriles is 1. The molecule has 112 valence electrons. The molecular weight excluding hydrogens is 260 g/mol. The van der Waals surface area contributed by atoms with Crippen molar-refractivity contribution < 1.29 is 4.79 Å². The smallest absolute Gasteiger partial charge is 0.240 e. The van der Waals surface area contributed by atoms with E-state index in [1.54, 1.807) is 0 Å². The second-order valence-electron chi connectivity index (χ2n) is 6.11. The Balaban J connectivity index is 1.83. The molecule has 1 aliphatic carbocycles. The molecule has 0 heterocycles. The van der Waals surface area contributed by atoms with Gasteiger partial charge in [0.2, 0.25) is 5.91 Å². The normalized spacial score (nSPS) is 18.5. The molecule has 3 nitrogen and oxygen atoms in total. The molecule has 0 aromatic heterocycles. The Hall–Kier alpha value is -1.82. The van der Waals surface area contributed by atoms with E-state index in [0.29, 0.717) is 25.3 Å². The van der Waals surface area contributed by atoms with Crippen molar-refractivity contribution in [3.8, 4) is 6.07 Å².